The predicted molar refractivity (Wildman–Crippen MR) is 193 cm³/mol. The summed E-state index contributed by atoms with van der Waals surface area (Å²) in [6.45, 7) is 17.8. The van der Waals surface area contributed by atoms with Crippen molar-refractivity contribution in [1.82, 2.24) is 24.9 Å². The van der Waals surface area contributed by atoms with Crippen LogP contribution in [0.3, 0.4) is 0 Å². The van der Waals surface area contributed by atoms with E-state index in [2.05, 4.69) is 30.1 Å². The number of nitrogens with zero attached hydrogens (tertiary/aromatic N) is 5. The molecule has 4 atom stereocenters. The third-order valence-electron chi connectivity index (χ3n) is 9.97. The number of carbonyl (C=O) groups excluding carboxylic acids is 4. The number of benzene rings is 1. The zero-order chi connectivity index (χ0) is 36.5. The lowest BCUT2D eigenvalue weighted by Crippen LogP contribution is -2.60. The first-order valence-electron chi connectivity index (χ1n) is 18.1. The Kier molecular flexibility index (Phi) is 14.4. The van der Waals surface area contributed by atoms with Gasteiger partial charge in [-0.1, -0.05) is 77.4 Å². The Morgan fingerprint density at radius 3 is 2.24 bits per heavy atom. The van der Waals surface area contributed by atoms with Gasteiger partial charge in [-0.25, -0.2) is 0 Å². The number of piperidine rings is 1. The van der Waals surface area contributed by atoms with E-state index in [0.717, 1.165) is 31.4 Å². The fourth-order valence-electron chi connectivity index (χ4n) is 7.13. The third-order valence-corrected chi connectivity index (χ3v) is 9.97. The van der Waals surface area contributed by atoms with E-state index in [-0.39, 0.29) is 48.1 Å². The van der Waals surface area contributed by atoms with E-state index in [0.29, 0.717) is 38.0 Å². The second-order valence-corrected chi connectivity index (χ2v) is 15.5. The Balaban J connectivity index is 1.81. The highest BCUT2D eigenvalue weighted by Crippen LogP contribution is 2.27. The van der Waals surface area contributed by atoms with Gasteiger partial charge in [0.15, 0.2) is 0 Å². The first kappa shape index (κ1) is 39.7. The number of hydrogen-bond donors (Lipinski definition) is 1. The zero-order valence-electron chi connectivity index (χ0n) is 31.4. The fraction of sp³-hybridized carbons (Fsp3) is 0.667. The van der Waals surface area contributed by atoms with Crippen molar-refractivity contribution in [2.45, 2.75) is 131 Å². The van der Waals surface area contributed by atoms with Crippen molar-refractivity contribution in [1.29, 1.82) is 5.26 Å². The molecule has 1 aromatic rings. The van der Waals surface area contributed by atoms with Gasteiger partial charge in [-0.3, -0.25) is 24.1 Å². The lowest BCUT2D eigenvalue weighted by atomic mass is 9.84. The Morgan fingerprint density at radius 2 is 1.65 bits per heavy atom. The van der Waals surface area contributed by atoms with E-state index in [1.807, 2.05) is 71.0 Å². The van der Waals surface area contributed by atoms with Crippen LogP contribution >= 0.6 is 0 Å². The number of likely N-dealkylation sites (N-methyl/N-ethyl adjacent to an activating group) is 1. The molecule has 2 saturated heterocycles. The van der Waals surface area contributed by atoms with E-state index in [9.17, 15) is 24.4 Å². The quantitative estimate of drug-likeness (QED) is 0.289. The smallest absolute Gasteiger partial charge is 0.249 e. The number of nitriles is 1. The van der Waals surface area contributed by atoms with Crippen molar-refractivity contribution in [2.24, 2.45) is 11.3 Å². The van der Waals surface area contributed by atoms with E-state index >= 15 is 0 Å². The number of rotatable bonds is 13. The molecule has 0 spiro atoms. The minimum Gasteiger partial charge on any atom is -0.342 e. The van der Waals surface area contributed by atoms with Crippen LogP contribution in [0.4, 0.5) is 0 Å². The molecular weight excluding hydrogens is 616 g/mol. The molecule has 2 fully saturated rings. The first-order chi connectivity index (χ1) is 23.1. The van der Waals surface area contributed by atoms with Gasteiger partial charge in [0.05, 0.1) is 24.6 Å². The normalized spacial score (nSPS) is 20.1. The highest BCUT2D eigenvalue weighted by Gasteiger charge is 2.41. The summed E-state index contributed by atoms with van der Waals surface area (Å²) in [5.41, 5.74) is 0.888. The second kappa shape index (κ2) is 17.8. The van der Waals surface area contributed by atoms with Crippen LogP contribution in [-0.2, 0) is 25.7 Å². The minimum atomic E-state index is -0.754. The molecule has 270 valence electrons. The first-order valence-corrected chi connectivity index (χ1v) is 18.1. The minimum absolute atomic E-state index is 0.0221. The van der Waals surface area contributed by atoms with Gasteiger partial charge in [0.2, 0.25) is 23.6 Å². The van der Waals surface area contributed by atoms with Crippen LogP contribution in [0.2, 0.25) is 0 Å². The summed E-state index contributed by atoms with van der Waals surface area (Å²) in [6.07, 6.45) is 6.13. The van der Waals surface area contributed by atoms with Crippen molar-refractivity contribution < 1.29 is 19.2 Å². The largest absolute Gasteiger partial charge is 0.342 e. The van der Waals surface area contributed by atoms with Gasteiger partial charge in [0.1, 0.15) is 12.1 Å². The van der Waals surface area contributed by atoms with E-state index in [4.69, 9.17) is 0 Å². The van der Waals surface area contributed by atoms with Gasteiger partial charge in [-0.15, -0.1) is 0 Å². The van der Waals surface area contributed by atoms with Crippen LogP contribution < -0.4 is 5.32 Å². The molecule has 0 bridgehead atoms. The SMILES string of the molecule is C/C(=C\[C@H](C(C)C)N(C)C(=O)C(NC(=O)C1CCCCN1C(C)C)C(C)(C)C)C(=O)N1CCC[C@H]1C(=O)N(CCC#N)Cc1ccccc1. The standard InChI is InChI=1S/C39H60N6O4/c1-27(2)33(42(9)38(49)34(39(6,7)8)41-35(46)31-19-13-14-23-44(31)28(3)4)25-29(5)36(47)45-24-15-20-32(45)37(48)43(22-16-21-40)26-30-17-11-10-12-18-30/h10-12,17-18,25,27-28,31-34H,13-16,19-20,22-24,26H2,1-9H3,(H,41,46)/b29-25+/t31?,32-,33+,34?/m0/s1. The Labute approximate surface area is 294 Å². The summed E-state index contributed by atoms with van der Waals surface area (Å²) in [5.74, 6) is -0.714. The Bertz CT molecular complexity index is 1360. The molecule has 0 saturated carbocycles. The maximum atomic E-state index is 14.2. The van der Waals surface area contributed by atoms with Crippen molar-refractivity contribution in [3.05, 3.63) is 47.5 Å². The monoisotopic (exact) mass is 676 g/mol. The molecule has 0 aromatic heterocycles. The van der Waals surface area contributed by atoms with Crippen molar-refractivity contribution in [3.8, 4) is 6.07 Å². The lowest BCUT2D eigenvalue weighted by Gasteiger charge is -2.41. The van der Waals surface area contributed by atoms with Gasteiger partial charge in [-0.05, 0) is 69.9 Å². The Hall–Kier alpha value is -3.71. The maximum absolute atomic E-state index is 14.2. The molecular formula is C39H60N6O4. The van der Waals surface area contributed by atoms with Crippen LogP contribution in [-0.4, -0.2) is 100 Å². The molecule has 4 amide bonds. The molecule has 3 rings (SSSR count). The van der Waals surface area contributed by atoms with Gasteiger partial charge in [0.25, 0.3) is 0 Å². The molecule has 2 heterocycles. The zero-order valence-corrected chi connectivity index (χ0v) is 31.4. The predicted octanol–water partition coefficient (Wildman–Crippen LogP) is 5.14. The van der Waals surface area contributed by atoms with Crippen LogP contribution in [0.5, 0.6) is 0 Å². The lowest BCUT2D eigenvalue weighted by molar-refractivity contribution is -0.142. The summed E-state index contributed by atoms with van der Waals surface area (Å²) >= 11 is 0. The average Bonchev–Trinajstić information content (AvgIpc) is 3.56. The second-order valence-electron chi connectivity index (χ2n) is 15.5. The number of carbonyl (C=O) groups is 4. The van der Waals surface area contributed by atoms with Gasteiger partial charge in [-0.2, -0.15) is 5.26 Å². The van der Waals surface area contributed by atoms with Gasteiger partial charge >= 0.3 is 0 Å². The van der Waals surface area contributed by atoms with Crippen LogP contribution in [0, 0.1) is 22.7 Å². The van der Waals surface area contributed by atoms with Crippen molar-refractivity contribution >= 4 is 23.6 Å². The number of likely N-dealkylation sites (tertiary alicyclic amines) is 2. The fourth-order valence-corrected chi connectivity index (χ4v) is 7.13. The summed E-state index contributed by atoms with van der Waals surface area (Å²) in [4.78, 5) is 63.0. The highest BCUT2D eigenvalue weighted by molar-refractivity contribution is 5.97. The molecule has 2 aliphatic heterocycles. The van der Waals surface area contributed by atoms with Crippen molar-refractivity contribution in [3.63, 3.8) is 0 Å². The molecule has 10 nitrogen and oxygen atoms in total. The van der Waals surface area contributed by atoms with Gasteiger partial charge < -0.3 is 20.0 Å². The average molecular weight is 677 g/mol. The summed E-state index contributed by atoms with van der Waals surface area (Å²) in [6, 6.07) is 9.99. The topological polar surface area (TPSA) is 117 Å². The molecule has 1 N–H and O–H groups in total. The molecule has 1 aromatic carbocycles. The molecule has 2 unspecified atom stereocenters. The van der Waals surface area contributed by atoms with E-state index in [1.165, 1.54) is 0 Å². The molecule has 0 aliphatic carbocycles. The number of amides is 4. The van der Waals surface area contributed by atoms with Crippen LogP contribution in [0.15, 0.2) is 42.0 Å². The molecule has 0 radical (unpaired) electrons. The number of nitrogens with one attached hydrogen (secondary N) is 1. The highest BCUT2D eigenvalue weighted by atomic mass is 16.2. The van der Waals surface area contributed by atoms with Gasteiger partial charge in [0, 0.05) is 38.3 Å². The summed E-state index contributed by atoms with van der Waals surface area (Å²) < 4.78 is 0. The Morgan fingerprint density at radius 1 is 1.00 bits per heavy atom. The molecule has 2 aliphatic rings. The summed E-state index contributed by atoms with van der Waals surface area (Å²) in [7, 11) is 1.74. The number of hydrogen-bond acceptors (Lipinski definition) is 6. The van der Waals surface area contributed by atoms with Crippen molar-refractivity contribution in [2.75, 3.05) is 26.7 Å². The van der Waals surface area contributed by atoms with E-state index < -0.39 is 23.5 Å². The van der Waals surface area contributed by atoms with Crippen LogP contribution in [0.25, 0.3) is 0 Å². The van der Waals surface area contributed by atoms with Crippen LogP contribution in [0.1, 0.15) is 99.5 Å². The molecule has 49 heavy (non-hydrogen) atoms. The van der Waals surface area contributed by atoms with E-state index in [1.54, 1.807) is 28.7 Å². The maximum Gasteiger partial charge on any atom is 0.249 e. The third kappa shape index (κ3) is 10.4. The molecule has 10 heteroatoms. The summed E-state index contributed by atoms with van der Waals surface area (Å²) in [5, 5.41) is 12.4.